The Morgan fingerprint density at radius 2 is 1.94 bits per heavy atom. The molecule has 0 unspecified atom stereocenters. The molecule has 2 nitrogen and oxygen atoms in total. The largest absolute Gasteiger partial charge is 0.478 e. The van der Waals surface area contributed by atoms with Gasteiger partial charge in [-0.2, -0.15) is 0 Å². The lowest BCUT2D eigenvalue weighted by Gasteiger charge is -2.01. The van der Waals surface area contributed by atoms with E-state index in [-0.39, 0.29) is 0 Å². The molecule has 2 aromatic rings. The Bertz CT molecular complexity index is 567. The molecule has 0 aliphatic rings. The van der Waals surface area contributed by atoms with Gasteiger partial charge in [0.2, 0.25) is 0 Å². The molecule has 3 heteroatoms. The van der Waals surface area contributed by atoms with Gasteiger partial charge in [0, 0.05) is 9.75 Å². The molecule has 1 aromatic heterocycles. The fraction of sp³-hybridized carbons (Fsp3) is 0.133. The summed E-state index contributed by atoms with van der Waals surface area (Å²) in [7, 11) is 0. The lowest BCUT2D eigenvalue weighted by Crippen LogP contribution is -1.98. The van der Waals surface area contributed by atoms with Gasteiger partial charge in [-0.05, 0) is 30.2 Å². The SMILES string of the molecule is CCc1ccc(C=C(C(=O)O)c2ccccc2)s1. The Labute approximate surface area is 110 Å². The number of aryl methyl sites for hydroxylation is 1. The highest BCUT2D eigenvalue weighted by Crippen LogP contribution is 2.24. The van der Waals surface area contributed by atoms with Crippen LogP contribution in [0.4, 0.5) is 0 Å². The van der Waals surface area contributed by atoms with Crippen molar-refractivity contribution in [1.82, 2.24) is 0 Å². The molecule has 18 heavy (non-hydrogen) atoms. The van der Waals surface area contributed by atoms with Crippen LogP contribution in [-0.2, 0) is 11.2 Å². The van der Waals surface area contributed by atoms with Crippen LogP contribution in [0.3, 0.4) is 0 Å². The molecule has 0 atom stereocenters. The number of hydrogen-bond donors (Lipinski definition) is 1. The minimum atomic E-state index is -0.896. The molecule has 0 saturated carbocycles. The van der Waals surface area contributed by atoms with Crippen molar-refractivity contribution >= 4 is 29.0 Å². The number of carboxylic acids is 1. The molecule has 1 heterocycles. The van der Waals surface area contributed by atoms with E-state index < -0.39 is 5.97 Å². The van der Waals surface area contributed by atoms with Gasteiger partial charge in [0.15, 0.2) is 0 Å². The fourth-order valence-corrected chi connectivity index (χ4v) is 2.59. The zero-order valence-corrected chi connectivity index (χ0v) is 10.9. The first-order chi connectivity index (χ1) is 8.70. The third-order valence-corrected chi connectivity index (χ3v) is 3.81. The van der Waals surface area contributed by atoms with Gasteiger partial charge in [0.1, 0.15) is 0 Å². The van der Waals surface area contributed by atoms with Crippen LogP contribution in [0, 0.1) is 0 Å². The molecule has 1 N–H and O–H groups in total. The van der Waals surface area contributed by atoms with Crippen molar-refractivity contribution in [2.45, 2.75) is 13.3 Å². The Hall–Kier alpha value is -1.87. The Morgan fingerprint density at radius 3 is 2.50 bits per heavy atom. The first kappa shape index (κ1) is 12.6. The highest BCUT2D eigenvalue weighted by Gasteiger charge is 2.10. The van der Waals surface area contributed by atoms with Gasteiger partial charge in [-0.1, -0.05) is 37.3 Å². The maximum atomic E-state index is 11.3. The number of rotatable bonds is 4. The summed E-state index contributed by atoms with van der Waals surface area (Å²) >= 11 is 1.63. The Kier molecular flexibility index (Phi) is 3.95. The van der Waals surface area contributed by atoms with Gasteiger partial charge in [-0.3, -0.25) is 0 Å². The number of aliphatic carboxylic acids is 1. The van der Waals surface area contributed by atoms with E-state index in [9.17, 15) is 9.90 Å². The molecule has 0 amide bonds. The van der Waals surface area contributed by atoms with Crippen LogP contribution in [0.2, 0.25) is 0 Å². The summed E-state index contributed by atoms with van der Waals surface area (Å²) < 4.78 is 0. The number of carboxylic acid groups (broad SMARTS) is 1. The van der Waals surface area contributed by atoms with Crippen molar-refractivity contribution in [2.75, 3.05) is 0 Å². The standard InChI is InChI=1S/C15H14O2S/c1-2-12-8-9-13(18-12)10-14(15(16)17)11-6-4-3-5-7-11/h3-10H,2H2,1H3,(H,16,17). The average Bonchev–Trinajstić information content (AvgIpc) is 2.84. The van der Waals surface area contributed by atoms with Crippen LogP contribution in [0.1, 0.15) is 22.2 Å². The topological polar surface area (TPSA) is 37.3 Å². The van der Waals surface area contributed by atoms with E-state index in [1.54, 1.807) is 17.4 Å². The predicted octanol–water partition coefficient (Wildman–Crippen LogP) is 3.94. The van der Waals surface area contributed by atoms with Crippen molar-refractivity contribution in [1.29, 1.82) is 0 Å². The number of thiophene rings is 1. The number of hydrogen-bond acceptors (Lipinski definition) is 2. The molecule has 0 aliphatic heterocycles. The molecule has 0 spiro atoms. The van der Waals surface area contributed by atoms with E-state index in [0.29, 0.717) is 5.57 Å². The summed E-state index contributed by atoms with van der Waals surface area (Å²) in [6.45, 7) is 2.09. The lowest BCUT2D eigenvalue weighted by atomic mass is 10.1. The smallest absolute Gasteiger partial charge is 0.336 e. The fourth-order valence-electron chi connectivity index (χ4n) is 1.69. The maximum Gasteiger partial charge on any atom is 0.336 e. The van der Waals surface area contributed by atoms with Crippen LogP contribution < -0.4 is 0 Å². The van der Waals surface area contributed by atoms with Crippen molar-refractivity contribution in [2.24, 2.45) is 0 Å². The van der Waals surface area contributed by atoms with Gasteiger partial charge >= 0.3 is 5.97 Å². The van der Waals surface area contributed by atoms with E-state index in [1.807, 2.05) is 42.5 Å². The molecule has 1 aromatic carbocycles. The first-order valence-corrected chi connectivity index (χ1v) is 6.61. The van der Waals surface area contributed by atoms with Crippen LogP contribution >= 0.6 is 11.3 Å². The highest BCUT2D eigenvalue weighted by atomic mass is 32.1. The third-order valence-electron chi connectivity index (χ3n) is 2.63. The van der Waals surface area contributed by atoms with Gasteiger partial charge in [0.05, 0.1) is 5.57 Å². The van der Waals surface area contributed by atoms with Crippen LogP contribution in [0.5, 0.6) is 0 Å². The van der Waals surface area contributed by atoms with Gasteiger partial charge in [0.25, 0.3) is 0 Å². The molecular formula is C15H14O2S. The molecule has 0 saturated heterocycles. The lowest BCUT2D eigenvalue weighted by molar-refractivity contribution is -0.130. The minimum absolute atomic E-state index is 0.333. The average molecular weight is 258 g/mol. The van der Waals surface area contributed by atoms with E-state index in [2.05, 4.69) is 6.92 Å². The summed E-state index contributed by atoms with van der Waals surface area (Å²) in [6, 6.07) is 13.2. The van der Waals surface area contributed by atoms with Gasteiger partial charge < -0.3 is 5.11 Å². The molecule has 0 fully saturated rings. The summed E-state index contributed by atoms with van der Waals surface area (Å²) in [6.07, 6.45) is 2.72. The number of benzene rings is 1. The highest BCUT2D eigenvalue weighted by molar-refractivity contribution is 7.13. The van der Waals surface area contributed by atoms with Crippen LogP contribution in [0.25, 0.3) is 11.6 Å². The van der Waals surface area contributed by atoms with Gasteiger partial charge in [-0.15, -0.1) is 11.3 Å². The summed E-state index contributed by atoms with van der Waals surface area (Å²) in [5, 5.41) is 9.29. The van der Waals surface area contributed by atoms with Crippen LogP contribution in [-0.4, -0.2) is 11.1 Å². The molecule has 92 valence electrons. The van der Waals surface area contributed by atoms with Crippen molar-refractivity contribution < 1.29 is 9.90 Å². The monoisotopic (exact) mass is 258 g/mol. The molecule has 0 radical (unpaired) electrons. The minimum Gasteiger partial charge on any atom is -0.478 e. The first-order valence-electron chi connectivity index (χ1n) is 5.80. The van der Waals surface area contributed by atoms with Crippen molar-refractivity contribution in [3.05, 3.63) is 57.8 Å². The molecule has 0 bridgehead atoms. The summed E-state index contributed by atoms with van der Waals surface area (Å²) in [5.41, 5.74) is 1.07. The maximum absolute atomic E-state index is 11.3. The van der Waals surface area contributed by atoms with Crippen molar-refractivity contribution in [3.8, 4) is 0 Å². The molecule has 2 rings (SSSR count). The predicted molar refractivity (Wildman–Crippen MR) is 75.6 cm³/mol. The van der Waals surface area contributed by atoms with E-state index in [1.165, 1.54) is 4.88 Å². The van der Waals surface area contributed by atoms with Crippen molar-refractivity contribution in [3.63, 3.8) is 0 Å². The number of carbonyl (C=O) groups is 1. The van der Waals surface area contributed by atoms with Crippen LogP contribution in [0.15, 0.2) is 42.5 Å². The molecular weight excluding hydrogens is 244 g/mol. The van der Waals surface area contributed by atoms with E-state index in [4.69, 9.17) is 0 Å². The molecule has 0 aliphatic carbocycles. The third kappa shape index (κ3) is 2.87. The zero-order chi connectivity index (χ0) is 13.0. The second-order valence-corrected chi connectivity index (χ2v) is 5.09. The summed E-state index contributed by atoms with van der Waals surface area (Å²) in [5.74, 6) is -0.896. The quantitative estimate of drug-likeness (QED) is 0.843. The Morgan fingerprint density at radius 1 is 1.22 bits per heavy atom. The van der Waals surface area contributed by atoms with E-state index in [0.717, 1.165) is 16.9 Å². The second-order valence-electron chi connectivity index (χ2n) is 3.89. The normalized spacial score (nSPS) is 11.5. The summed E-state index contributed by atoms with van der Waals surface area (Å²) in [4.78, 5) is 13.6. The Balaban J connectivity index is 2.39. The second kappa shape index (κ2) is 5.65. The van der Waals surface area contributed by atoms with Gasteiger partial charge in [-0.25, -0.2) is 4.79 Å². The zero-order valence-electron chi connectivity index (χ0n) is 10.1. The van der Waals surface area contributed by atoms with E-state index >= 15 is 0 Å².